The van der Waals surface area contributed by atoms with E-state index in [0.717, 1.165) is 0 Å². The van der Waals surface area contributed by atoms with Gasteiger partial charge in [-0.1, -0.05) is 25.1 Å². The molecule has 2 rings (SSSR count). The number of carbonyl (C=O) groups is 1. The van der Waals surface area contributed by atoms with Crippen molar-refractivity contribution in [2.24, 2.45) is 5.92 Å². The van der Waals surface area contributed by atoms with Gasteiger partial charge in [0.1, 0.15) is 0 Å². The molecule has 1 fully saturated rings. The number of amides is 1. The molecule has 0 unspecified atom stereocenters. The number of carbonyl (C=O) groups excluding carboxylic acids is 1. The van der Waals surface area contributed by atoms with Crippen LogP contribution >= 0.6 is 0 Å². The molecule has 0 saturated carbocycles. The zero-order valence-electron chi connectivity index (χ0n) is 10.7. The van der Waals surface area contributed by atoms with Crippen molar-refractivity contribution in [2.45, 2.75) is 19.4 Å². The number of hydrogen-bond donors (Lipinski definition) is 1. The first-order valence-corrected chi connectivity index (χ1v) is 6.17. The first-order chi connectivity index (χ1) is 8.99. The van der Waals surface area contributed by atoms with Crippen LogP contribution < -0.4 is 0 Å². The minimum Gasteiger partial charge on any atom is -0.391 e. The second kappa shape index (κ2) is 5.36. The number of aliphatic hydroxyl groups is 1. The third kappa shape index (κ3) is 2.90. The van der Waals surface area contributed by atoms with Crippen LogP contribution in [0.5, 0.6) is 0 Å². The van der Waals surface area contributed by atoms with Crippen LogP contribution in [-0.2, 0) is 11.2 Å². The van der Waals surface area contributed by atoms with E-state index >= 15 is 0 Å². The Balaban J connectivity index is 2.10. The maximum absolute atomic E-state index is 12.1. The van der Waals surface area contributed by atoms with Crippen molar-refractivity contribution in [3.8, 4) is 0 Å². The summed E-state index contributed by atoms with van der Waals surface area (Å²) >= 11 is 0. The minimum atomic E-state index is -0.505. The molecule has 1 aliphatic heterocycles. The number of para-hydroxylation sites is 1. The fourth-order valence-electron chi connectivity index (χ4n) is 2.27. The van der Waals surface area contributed by atoms with Gasteiger partial charge >= 0.3 is 0 Å². The minimum absolute atomic E-state index is 0.00338. The molecular weight excluding hydrogens is 248 g/mol. The summed E-state index contributed by atoms with van der Waals surface area (Å²) < 4.78 is 0. The number of aliphatic hydroxyl groups excluding tert-OH is 1. The summed E-state index contributed by atoms with van der Waals surface area (Å²) in [5.41, 5.74) is 0.371. The number of hydrogen-bond acceptors (Lipinski definition) is 4. The molecular formula is C13H16N2O4. The summed E-state index contributed by atoms with van der Waals surface area (Å²) in [7, 11) is 0. The fraction of sp³-hybridized carbons (Fsp3) is 0.462. The highest BCUT2D eigenvalue weighted by molar-refractivity contribution is 5.80. The van der Waals surface area contributed by atoms with Crippen molar-refractivity contribution in [3.05, 3.63) is 39.9 Å². The van der Waals surface area contributed by atoms with E-state index in [1.807, 2.05) is 6.92 Å². The summed E-state index contributed by atoms with van der Waals surface area (Å²) in [5, 5.41) is 20.5. The molecule has 102 valence electrons. The highest BCUT2D eigenvalue weighted by Gasteiger charge is 2.31. The van der Waals surface area contributed by atoms with Crippen molar-refractivity contribution < 1.29 is 14.8 Å². The highest BCUT2D eigenvalue weighted by Crippen LogP contribution is 2.21. The van der Waals surface area contributed by atoms with Crippen LogP contribution in [-0.4, -0.2) is 40.0 Å². The predicted octanol–water partition coefficient (Wildman–Crippen LogP) is 0.976. The van der Waals surface area contributed by atoms with Gasteiger partial charge in [-0.2, -0.15) is 0 Å². The van der Waals surface area contributed by atoms with E-state index in [-0.39, 0.29) is 23.9 Å². The van der Waals surface area contributed by atoms with E-state index in [0.29, 0.717) is 18.7 Å². The molecule has 1 heterocycles. The molecule has 0 aromatic heterocycles. The van der Waals surface area contributed by atoms with E-state index in [9.17, 15) is 20.0 Å². The number of β-amino-alcohol motifs (C(OH)–C–C–N with tert-alkyl or cyclic N) is 1. The van der Waals surface area contributed by atoms with Crippen LogP contribution in [0, 0.1) is 16.0 Å². The zero-order valence-corrected chi connectivity index (χ0v) is 10.7. The first-order valence-electron chi connectivity index (χ1n) is 6.17. The summed E-state index contributed by atoms with van der Waals surface area (Å²) in [6.45, 7) is 2.68. The summed E-state index contributed by atoms with van der Waals surface area (Å²) in [5.74, 6) is -0.132. The Kier molecular flexibility index (Phi) is 3.80. The third-order valence-corrected chi connectivity index (χ3v) is 3.46. The summed E-state index contributed by atoms with van der Waals surface area (Å²) in [6.07, 6.45) is -0.508. The van der Waals surface area contributed by atoms with Gasteiger partial charge in [0.05, 0.1) is 17.4 Å². The van der Waals surface area contributed by atoms with E-state index in [4.69, 9.17) is 0 Å². The van der Waals surface area contributed by atoms with Gasteiger partial charge in [-0.15, -0.1) is 0 Å². The molecule has 6 heteroatoms. The van der Waals surface area contributed by atoms with E-state index in [1.165, 1.54) is 6.07 Å². The van der Waals surface area contributed by atoms with Crippen molar-refractivity contribution in [3.63, 3.8) is 0 Å². The Hall–Kier alpha value is -1.95. The fourth-order valence-corrected chi connectivity index (χ4v) is 2.27. The van der Waals surface area contributed by atoms with Gasteiger partial charge in [0, 0.05) is 30.6 Å². The molecule has 1 amide bonds. The molecule has 0 bridgehead atoms. The number of nitro benzene ring substituents is 1. The van der Waals surface area contributed by atoms with Crippen LogP contribution in [0.4, 0.5) is 5.69 Å². The highest BCUT2D eigenvalue weighted by atomic mass is 16.6. The van der Waals surface area contributed by atoms with Crippen LogP contribution in [0.1, 0.15) is 12.5 Å². The summed E-state index contributed by atoms with van der Waals surface area (Å²) in [6, 6.07) is 6.24. The number of nitrogens with zero attached hydrogens (tertiary/aromatic N) is 2. The van der Waals surface area contributed by atoms with E-state index in [1.54, 1.807) is 23.1 Å². The molecule has 0 radical (unpaired) electrons. The Morgan fingerprint density at radius 2 is 2.16 bits per heavy atom. The van der Waals surface area contributed by atoms with Crippen LogP contribution in [0.3, 0.4) is 0 Å². The van der Waals surface area contributed by atoms with Gasteiger partial charge in [0.15, 0.2) is 0 Å². The maximum atomic E-state index is 12.1. The van der Waals surface area contributed by atoms with Crippen molar-refractivity contribution >= 4 is 11.6 Å². The van der Waals surface area contributed by atoms with Gasteiger partial charge in [-0.05, 0) is 0 Å². The van der Waals surface area contributed by atoms with Crippen molar-refractivity contribution in [1.82, 2.24) is 4.90 Å². The van der Waals surface area contributed by atoms with Crippen molar-refractivity contribution in [1.29, 1.82) is 0 Å². The topological polar surface area (TPSA) is 83.7 Å². The van der Waals surface area contributed by atoms with Gasteiger partial charge in [-0.3, -0.25) is 14.9 Å². The number of rotatable bonds is 3. The molecule has 0 aliphatic carbocycles. The zero-order chi connectivity index (χ0) is 14.0. The monoisotopic (exact) mass is 264 g/mol. The largest absolute Gasteiger partial charge is 0.391 e. The Morgan fingerprint density at radius 3 is 2.74 bits per heavy atom. The molecule has 1 saturated heterocycles. The molecule has 1 aliphatic rings. The molecule has 0 spiro atoms. The van der Waals surface area contributed by atoms with E-state index in [2.05, 4.69) is 0 Å². The first kappa shape index (κ1) is 13.5. The third-order valence-electron chi connectivity index (χ3n) is 3.46. The van der Waals surface area contributed by atoms with Crippen LogP contribution in [0.2, 0.25) is 0 Å². The summed E-state index contributed by atoms with van der Waals surface area (Å²) in [4.78, 5) is 24.0. The Morgan fingerprint density at radius 1 is 1.47 bits per heavy atom. The van der Waals surface area contributed by atoms with Crippen LogP contribution in [0.15, 0.2) is 24.3 Å². The predicted molar refractivity (Wildman–Crippen MR) is 68.6 cm³/mol. The standard InChI is InChI=1S/C13H16N2O4/c1-9-7-14(8-12(9)16)13(17)6-10-4-2-3-5-11(10)15(18)19/h2-5,9,12,16H,6-8H2,1H3/t9-,12-/m0/s1. The average molecular weight is 264 g/mol. The average Bonchev–Trinajstić information content (AvgIpc) is 2.70. The van der Waals surface area contributed by atoms with Gasteiger partial charge < -0.3 is 10.0 Å². The normalized spacial score (nSPS) is 22.5. The number of likely N-dealkylation sites (tertiary alicyclic amines) is 1. The number of nitro groups is 1. The maximum Gasteiger partial charge on any atom is 0.273 e. The number of benzene rings is 1. The van der Waals surface area contributed by atoms with E-state index < -0.39 is 11.0 Å². The SMILES string of the molecule is C[C@H]1CN(C(=O)Cc2ccccc2[N+](=O)[O-])C[C@@H]1O. The molecule has 1 N–H and O–H groups in total. The van der Waals surface area contributed by atoms with Crippen molar-refractivity contribution in [2.75, 3.05) is 13.1 Å². The second-order valence-electron chi connectivity index (χ2n) is 4.91. The lowest BCUT2D eigenvalue weighted by Crippen LogP contribution is -2.31. The molecule has 1 aromatic rings. The second-order valence-corrected chi connectivity index (χ2v) is 4.91. The lowest BCUT2D eigenvalue weighted by atomic mass is 10.1. The van der Waals surface area contributed by atoms with Gasteiger partial charge in [-0.25, -0.2) is 0 Å². The van der Waals surface area contributed by atoms with Gasteiger partial charge in [0.2, 0.25) is 5.91 Å². The Labute approximate surface area is 110 Å². The molecule has 19 heavy (non-hydrogen) atoms. The quantitative estimate of drug-likeness (QED) is 0.651. The lowest BCUT2D eigenvalue weighted by molar-refractivity contribution is -0.385. The molecule has 6 nitrogen and oxygen atoms in total. The van der Waals surface area contributed by atoms with Crippen LogP contribution in [0.25, 0.3) is 0 Å². The smallest absolute Gasteiger partial charge is 0.273 e. The molecule has 2 atom stereocenters. The lowest BCUT2D eigenvalue weighted by Gasteiger charge is -2.15. The van der Waals surface area contributed by atoms with Gasteiger partial charge in [0.25, 0.3) is 5.69 Å². The molecule has 1 aromatic carbocycles. The Bertz CT molecular complexity index is 493.